The third kappa shape index (κ3) is 5.20. The number of allylic oxidation sites excluding steroid dienone is 1. The molecule has 0 aliphatic rings. The Kier molecular flexibility index (Phi) is 6.42. The van der Waals surface area contributed by atoms with Gasteiger partial charge in [-0.15, -0.1) is 6.58 Å². The number of aliphatic carboxylic acids is 2. The Labute approximate surface area is 89.6 Å². The average molecular weight is 214 g/mol. The maximum absolute atomic E-state index is 10.9. The topological polar surface area (TPSA) is 74.6 Å². The van der Waals surface area contributed by atoms with Crippen molar-refractivity contribution in [2.75, 3.05) is 0 Å². The molecule has 0 aliphatic carbocycles. The summed E-state index contributed by atoms with van der Waals surface area (Å²) in [5, 5.41) is 17.5. The zero-order valence-corrected chi connectivity index (χ0v) is 8.98. The Morgan fingerprint density at radius 3 is 2.33 bits per heavy atom. The molecule has 0 aliphatic heterocycles. The summed E-state index contributed by atoms with van der Waals surface area (Å²) in [6, 6.07) is 0. The molecular weight excluding hydrogens is 196 g/mol. The molecule has 0 heterocycles. The summed E-state index contributed by atoms with van der Waals surface area (Å²) < 4.78 is 0. The molecule has 0 rings (SSSR count). The first kappa shape index (κ1) is 13.7. The highest BCUT2D eigenvalue weighted by Gasteiger charge is 2.27. The fourth-order valence-corrected chi connectivity index (χ4v) is 1.53. The minimum atomic E-state index is -1.08. The van der Waals surface area contributed by atoms with Gasteiger partial charge in [0.15, 0.2) is 0 Å². The normalized spacial score (nSPS) is 14.2. The maximum atomic E-state index is 10.9. The number of rotatable bonds is 8. The van der Waals surface area contributed by atoms with Gasteiger partial charge in [-0.2, -0.15) is 0 Å². The van der Waals surface area contributed by atoms with Crippen LogP contribution in [0.5, 0.6) is 0 Å². The van der Waals surface area contributed by atoms with E-state index in [-0.39, 0.29) is 12.3 Å². The SMILES string of the molecule is C=CC(CCCC)C(CC(=O)O)C(=O)O. The average Bonchev–Trinajstić information content (AvgIpc) is 2.16. The van der Waals surface area contributed by atoms with Gasteiger partial charge in [-0.25, -0.2) is 0 Å². The molecule has 0 saturated heterocycles. The van der Waals surface area contributed by atoms with Crippen LogP contribution in [-0.4, -0.2) is 22.2 Å². The molecule has 0 bridgehead atoms. The summed E-state index contributed by atoms with van der Waals surface area (Å²) >= 11 is 0. The fourth-order valence-electron chi connectivity index (χ4n) is 1.53. The quantitative estimate of drug-likeness (QED) is 0.607. The second kappa shape index (κ2) is 7.04. The van der Waals surface area contributed by atoms with E-state index in [1.165, 1.54) is 0 Å². The van der Waals surface area contributed by atoms with Gasteiger partial charge in [-0.1, -0.05) is 25.8 Å². The number of unbranched alkanes of at least 4 members (excludes halogenated alkanes) is 1. The third-order valence-electron chi connectivity index (χ3n) is 2.42. The van der Waals surface area contributed by atoms with Crippen molar-refractivity contribution in [1.82, 2.24) is 0 Å². The molecule has 4 heteroatoms. The molecule has 0 amide bonds. The second-order valence-electron chi connectivity index (χ2n) is 3.58. The van der Waals surface area contributed by atoms with Gasteiger partial charge < -0.3 is 10.2 Å². The number of carboxylic acid groups (broad SMARTS) is 2. The van der Waals surface area contributed by atoms with Crippen molar-refractivity contribution in [3.05, 3.63) is 12.7 Å². The zero-order chi connectivity index (χ0) is 11.8. The molecule has 2 N–H and O–H groups in total. The van der Waals surface area contributed by atoms with Gasteiger partial charge in [0.25, 0.3) is 0 Å². The second-order valence-corrected chi connectivity index (χ2v) is 3.58. The lowest BCUT2D eigenvalue weighted by Crippen LogP contribution is -2.25. The molecule has 2 atom stereocenters. The minimum absolute atomic E-state index is 0.251. The van der Waals surface area contributed by atoms with Gasteiger partial charge >= 0.3 is 11.9 Å². The van der Waals surface area contributed by atoms with Crippen LogP contribution < -0.4 is 0 Å². The fraction of sp³-hybridized carbons (Fsp3) is 0.636. The Bertz CT molecular complexity index is 235. The van der Waals surface area contributed by atoms with Crippen molar-refractivity contribution in [2.24, 2.45) is 11.8 Å². The number of hydrogen-bond donors (Lipinski definition) is 2. The van der Waals surface area contributed by atoms with Crippen LogP contribution in [0.15, 0.2) is 12.7 Å². The van der Waals surface area contributed by atoms with Crippen LogP contribution in [0.25, 0.3) is 0 Å². The van der Waals surface area contributed by atoms with E-state index in [0.717, 1.165) is 12.8 Å². The highest BCUT2D eigenvalue weighted by atomic mass is 16.4. The van der Waals surface area contributed by atoms with Gasteiger partial charge in [0.05, 0.1) is 12.3 Å². The van der Waals surface area contributed by atoms with Crippen LogP contribution in [0.4, 0.5) is 0 Å². The summed E-state index contributed by atoms with van der Waals surface area (Å²) in [6.07, 6.45) is 3.75. The summed E-state index contributed by atoms with van der Waals surface area (Å²) in [5.41, 5.74) is 0. The van der Waals surface area contributed by atoms with E-state index in [0.29, 0.717) is 6.42 Å². The lowest BCUT2D eigenvalue weighted by molar-refractivity contribution is -0.149. The lowest BCUT2D eigenvalue weighted by atomic mass is 9.86. The molecule has 4 nitrogen and oxygen atoms in total. The number of hydrogen-bond acceptors (Lipinski definition) is 2. The highest BCUT2D eigenvalue weighted by molar-refractivity contribution is 5.78. The van der Waals surface area contributed by atoms with E-state index >= 15 is 0 Å². The standard InChI is InChI=1S/C11H18O4/c1-3-5-6-8(4-2)9(11(14)15)7-10(12)13/h4,8-9H,2-3,5-7H2,1H3,(H,12,13)(H,14,15). The summed E-state index contributed by atoms with van der Waals surface area (Å²) in [4.78, 5) is 21.4. The number of carboxylic acids is 2. The summed E-state index contributed by atoms with van der Waals surface area (Å²) in [7, 11) is 0. The van der Waals surface area contributed by atoms with E-state index < -0.39 is 17.9 Å². The molecule has 15 heavy (non-hydrogen) atoms. The molecule has 2 unspecified atom stereocenters. The van der Waals surface area contributed by atoms with Crippen LogP contribution in [-0.2, 0) is 9.59 Å². The molecule has 0 fully saturated rings. The Balaban J connectivity index is 4.47. The van der Waals surface area contributed by atoms with Crippen LogP contribution in [0.2, 0.25) is 0 Å². The van der Waals surface area contributed by atoms with Gasteiger partial charge in [0.2, 0.25) is 0 Å². The monoisotopic (exact) mass is 214 g/mol. The molecule has 0 aromatic rings. The van der Waals surface area contributed by atoms with Crippen molar-refractivity contribution in [2.45, 2.75) is 32.6 Å². The predicted molar refractivity (Wildman–Crippen MR) is 56.6 cm³/mol. The molecule has 86 valence electrons. The van der Waals surface area contributed by atoms with Crippen molar-refractivity contribution in [3.8, 4) is 0 Å². The molecular formula is C11H18O4. The Morgan fingerprint density at radius 2 is 2.00 bits per heavy atom. The van der Waals surface area contributed by atoms with Crippen LogP contribution >= 0.6 is 0 Å². The third-order valence-corrected chi connectivity index (χ3v) is 2.42. The van der Waals surface area contributed by atoms with Crippen molar-refractivity contribution >= 4 is 11.9 Å². The maximum Gasteiger partial charge on any atom is 0.307 e. The van der Waals surface area contributed by atoms with Crippen molar-refractivity contribution < 1.29 is 19.8 Å². The summed E-state index contributed by atoms with van der Waals surface area (Å²) in [5.74, 6) is -3.24. The predicted octanol–water partition coefficient (Wildman–Crippen LogP) is 2.15. The lowest BCUT2D eigenvalue weighted by Gasteiger charge is -2.18. The molecule has 0 spiro atoms. The zero-order valence-electron chi connectivity index (χ0n) is 8.98. The number of carbonyl (C=O) groups is 2. The van der Waals surface area contributed by atoms with Crippen LogP contribution in [0.3, 0.4) is 0 Å². The van der Waals surface area contributed by atoms with Gasteiger partial charge in [0.1, 0.15) is 0 Å². The minimum Gasteiger partial charge on any atom is -0.481 e. The van der Waals surface area contributed by atoms with E-state index in [9.17, 15) is 9.59 Å². The smallest absolute Gasteiger partial charge is 0.307 e. The van der Waals surface area contributed by atoms with Crippen LogP contribution in [0.1, 0.15) is 32.6 Å². The molecule has 0 radical (unpaired) electrons. The largest absolute Gasteiger partial charge is 0.481 e. The van der Waals surface area contributed by atoms with Gasteiger partial charge in [0, 0.05) is 0 Å². The van der Waals surface area contributed by atoms with E-state index in [1.807, 2.05) is 6.92 Å². The molecule has 0 aromatic carbocycles. The van der Waals surface area contributed by atoms with E-state index in [1.54, 1.807) is 6.08 Å². The van der Waals surface area contributed by atoms with Gasteiger partial charge in [-0.05, 0) is 12.3 Å². The molecule has 0 saturated carbocycles. The van der Waals surface area contributed by atoms with Crippen molar-refractivity contribution in [1.29, 1.82) is 0 Å². The van der Waals surface area contributed by atoms with Gasteiger partial charge in [-0.3, -0.25) is 9.59 Å². The summed E-state index contributed by atoms with van der Waals surface area (Å²) in [6.45, 7) is 5.58. The van der Waals surface area contributed by atoms with Crippen LogP contribution in [0, 0.1) is 11.8 Å². The van der Waals surface area contributed by atoms with E-state index in [4.69, 9.17) is 10.2 Å². The Morgan fingerprint density at radius 1 is 1.40 bits per heavy atom. The first-order chi connectivity index (χ1) is 7.02. The highest BCUT2D eigenvalue weighted by Crippen LogP contribution is 2.23. The molecule has 0 aromatic heterocycles. The van der Waals surface area contributed by atoms with E-state index in [2.05, 4.69) is 6.58 Å². The first-order valence-corrected chi connectivity index (χ1v) is 5.10. The van der Waals surface area contributed by atoms with Crippen molar-refractivity contribution in [3.63, 3.8) is 0 Å². The Hall–Kier alpha value is -1.32. The first-order valence-electron chi connectivity index (χ1n) is 5.10.